The second kappa shape index (κ2) is 7.42. The molecular weight excluding hydrogens is 391 g/mol. The largest absolute Gasteiger partial charge is 0.369 e. The van der Waals surface area contributed by atoms with Crippen LogP contribution in [-0.4, -0.2) is 56.9 Å². The molecule has 0 spiro atoms. The van der Waals surface area contributed by atoms with Gasteiger partial charge in [-0.15, -0.1) is 0 Å². The fraction of sp³-hybridized carbons (Fsp3) is 0.292. The van der Waals surface area contributed by atoms with Crippen molar-refractivity contribution in [1.82, 2.24) is 24.6 Å². The minimum atomic E-state index is -0.331. The van der Waals surface area contributed by atoms with Crippen LogP contribution >= 0.6 is 0 Å². The minimum Gasteiger partial charge on any atom is -0.369 e. The molecule has 2 aromatic heterocycles. The van der Waals surface area contributed by atoms with E-state index in [1.807, 2.05) is 4.68 Å². The van der Waals surface area contributed by atoms with E-state index < -0.39 is 0 Å². The van der Waals surface area contributed by atoms with Gasteiger partial charge in [-0.05, 0) is 49.2 Å². The Labute approximate surface area is 180 Å². The van der Waals surface area contributed by atoms with E-state index in [2.05, 4.69) is 49.1 Å². The van der Waals surface area contributed by atoms with Crippen LogP contribution in [0.5, 0.6) is 0 Å². The minimum absolute atomic E-state index is 0.331. The van der Waals surface area contributed by atoms with Gasteiger partial charge in [0.1, 0.15) is 16.9 Å². The third-order valence-corrected chi connectivity index (χ3v) is 6.27. The summed E-state index contributed by atoms with van der Waals surface area (Å²) in [6.45, 7) is 4.45. The summed E-state index contributed by atoms with van der Waals surface area (Å²) in [4.78, 5) is 14.0. The van der Waals surface area contributed by atoms with Crippen molar-refractivity contribution in [2.24, 2.45) is 0 Å². The number of nitrogens with zero attached hydrogens (tertiary/aromatic N) is 6. The van der Waals surface area contributed by atoms with Crippen LogP contribution in [0, 0.1) is 5.82 Å². The molecule has 3 heterocycles. The summed E-state index contributed by atoms with van der Waals surface area (Å²) in [5, 5.41) is 4.50. The lowest BCUT2D eigenvalue weighted by molar-refractivity contribution is 0.248. The third kappa shape index (κ3) is 3.45. The van der Waals surface area contributed by atoms with E-state index in [-0.39, 0.29) is 5.82 Å². The Morgan fingerprint density at radius 2 is 1.58 bits per heavy atom. The molecule has 6 rings (SSSR count). The first-order valence-corrected chi connectivity index (χ1v) is 10.8. The molecule has 6 nitrogen and oxygen atoms in total. The fourth-order valence-electron chi connectivity index (χ4n) is 4.39. The zero-order valence-corrected chi connectivity index (χ0v) is 17.2. The fourth-order valence-corrected chi connectivity index (χ4v) is 4.39. The maximum absolute atomic E-state index is 14.1. The number of anilines is 1. The highest BCUT2D eigenvalue weighted by Crippen LogP contribution is 2.29. The molecule has 31 heavy (non-hydrogen) atoms. The number of rotatable bonds is 4. The van der Waals surface area contributed by atoms with Gasteiger partial charge in [-0.2, -0.15) is 5.10 Å². The first-order valence-electron chi connectivity index (χ1n) is 10.8. The molecular formula is C24H23FN6. The number of aromatic nitrogens is 4. The number of halogens is 1. The van der Waals surface area contributed by atoms with Crippen LogP contribution < -0.4 is 4.90 Å². The van der Waals surface area contributed by atoms with Gasteiger partial charge in [0, 0.05) is 37.9 Å². The van der Waals surface area contributed by atoms with E-state index in [1.54, 1.807) is 30.6 Å². The van der Waals surface area contributed by atoms with Crippen LogP contribution in [-0.2, 0) is 0 Å². The predicted molar refractivity (Wildman–Crippen MR) is 119 cm³/mol. The van der Waals surface area contributed by atoms with Crippen LogP contribution in [0.25, 0.3) is 28.1 Å². The maximum atomic E-state index is 14.1. The van der Waals surface area contributed by atoms with Crippen molar-refractivity contribution in [2.45, 2.75) is 18.9 Å². The number of hydrogen-bond donors (Lipinski definition) is 0. The van der Waals surface area contributed by atoms with E-state index >= 15 is 0 Å². The molecule has 156 valence electrons. The summed E-state index contributed by atoms with van der Waals surface area (Å²) in [6, 6.07) is 15.9. The maximum Gasteiger partial charge on any atom is 0.162 e. The van der Waals surface area contributed by atoms with Crippen molar-refractivity contribution in [3.63, 3.8) is 0 Å². The summed E-state index contributed by atoms with van der Waals surface area (Å²) in [5.41, 5.74) is 4.08. The number of hydrogen-bond acceptors (Lipinski definition) is 5. The highest BCUT2D eigenvalue weighted by Gasteiger charge is 2.31. The van der Waals surface area contributed by atoms with E-state index in [0.717, 1.165) is 43.4 Å². The SMILES string of the molecule is Fc1ccccc1-c1ncc2c(cnn2-c2ccc(N3CCN(C4CC4)CC3)cc2)n1. The summed E-state index contributed by atoms with van der Waals surface area (Å²) in [7, 11) is 0. The van der Waals surface area contributed by atoms with Gasteiger partial charge in [0.2, 0.25) is 0 Å². The Kier molecular flexibility index (Phi) is 4.42. The van der Waals surface area contributed by atoms with Gasteiger partial charge in [-0.25, -0.2) is 19.0 Å². The van der Waals surface area contributed by atoms with Crippen molar-refractivity contribution in [3.8, 4) is 17.1 Å². The van der Waals surface area contributed by atoms with E-state index in [1.165, 1.54) is 24.6 Å². The van der Waals surface area contributed by atoms with Crippen molar-refractivity contribution in [2.75, 3.05) is 31.1 Å². The van der Waals surface area contributed by atoms with Crippen LogP contribution in [0.4, 0.5) is 10.1 Å². The smallest absolute Gasteiger partial charge is 0.162 e. The Bertz CT molecular complexity index is 1220. The van der Waals surface area contributed by atoms with Gasteiger partial charge >= 0.3 is 0 Å². The molecule has 2 aromatic carbocycles. The van der Waals surface area contributed by atoms with Gasteiger partial charge in [0.15, 0.2) is 5.82 Å². The molecule has 1 saturated carbocycles. The Balaban J connectivity index is 1.24. The molecule has 7 heteroatoms. The normalized spacial score (nSPS) is 17.4. The van der Waals surface area contributed by atoms with Crippen molar-refractivity contribution in [1.29, 1.82) is 0 Å². The van der Waals surface area contributed by atoms with Gasteiger partial charge in [0.05, 0.1) is 23.6 Å². The highest BCUT2D eigenvalue weighted by atomic mass is 19.1. The molecule has 0 unspecified atom stereocenters. The van der Waals surface area contributed by atoms with Crippen LogP contribution in [0.3, 0.4) is 0 Å². The van der Waals surface area contributed by atoms with Crippen LogP contribution in [0.1, 0.15) is 12.8 Å². The average Bonchev–Trinajstić information content (AvgIpc) is 3.59. The van der Waals surface area contributed by atoms with E-state index in [9.17, 15) is 4.39 Å². The zero-order chi connectivity index (χ0) is 20.8. The first kappa shape index (κ1) is 18.4. The topological polar surface area (TPSA) is 50.1 Å². The monoisotopic (exact) mass is 414 g/mol. The van der Waals surface area contributed by atoms with Crippen LogP contribution in [0.2, 0.25) is 0 Å². The summed E-state index contributed by atoms with van der Waals surface area (Å²) in [5.74, 6) is 0.0358. The molecule has 2 aliphatic rings. The van der Waals surface area contributed by atoms with Crippen LogP contribution in [0.15, 0.2) is 60.9 Å². The summed E-state index contributed by atoms with van der Waals surface area (Å²) >= 11 is 0. The van der Waals surface area contributed by atoms with Crippen molar-refractivity contribution < 1.29 is 4.39 Å². The lowest BCUT2D eigenvalue weighted by atomic mass is 10.2. The molecule has 1 saturated heterocycles. The Hall–Kier alpha value is -3.32. The number of fused-ring (bicyclic) bond motifs is 1. The molecule has 0 amide bonds. The standard InChI is InChI=1S/C24H23FN6/c25-21-4-2-1-3-20(21)24-26-16-23-22(28-24)15-27-31(23)19-9-7-18(8-10-19)30-13-11-29(12-14-30)17-5-6-17/h1-4,7-10,15-17H,5-6,11-14H2. The molecule has 1 aliphatic carbocycles. The molecule has 1 aliphatic heterocycles. The van der Waals surface area contributed by atoms with Crippen molar-refractivity contribution >= 4 is 16.7 Å². The molecule has 2 fully saturated rings. The van der Waals surface area contributed by atoms with Crippen molar-refractivity contribution in [3.05, 3.63) is 66.7 Å². The summed E-state index contributed by atoms with van der Waals surface area (Å²) < 4.78 is 15.9. The average molecular weight is 414 g/mol. The molecule has 0 radical (unpaired) electrons. The van der Waals surface area contributed by atoms with Gasteiger partial charge < -0.3 is 4.90 Å². The highest BCUT2D eigenvalue weighted by molar-refractivity contribution is 5.77. The van der Waals surface area contributed by atoms with Gasteiger partial charge in [0.25, 0.3) is 0 Å². The Morgan fingerprint density at radius 1 is 0.839 bits per heavy atom. The predicted octanol–water partition coefficient (Wildman–Crippen LogP) is 3.91. The Morgan fingerprint density at radius 3 is 2.32 bits per heavy atom. The summed E-state index contributed by atoms with van der Waals surface area (Å²) in [6.07, 6.45) is 6.16. The molecule has 4 aromatic rings. The molecule has 0 N–H and O–H groups in total. The van der Waals surface area contributed by atoms with E-state index in [0.29, 0.717) is 16.9 Å². The number of piperazine rings is 1. The van der Waals surface area contributed by atoms with Gasteiger partial charge in [-0.3, -0.25) is 4.90 Å². The molecule has 0 atom stereocenters. The second-order valence-corrected chi connectivity index (χ2v) is 8.27. The lowest BCUT2D eigenvalue weighted by Gasteiger charge is -2.36. The second-order valence-electron chi connectivity index (χ2n) is 8.27. The zero-order valence-electron chi connectivity index (χ0n) is 17.2. The quantitative estimate of drug-likeness (QED) is 0.507. The van der Waals surface area contributed by atoms with Gasteiger partial charge in [-0.1, -0.05) is 12.1 Å². The third-order valence-electron chi connectivity index (χ3n) is 6.27. The number of benzene rings is 2. The lowest BCUT2D eigenvalue weighted by Crippen LogP contribution is -2.47. The van der Waals surface area contributed by atoms with E-state index in [4.69, 9.17) is 0 Å². The first-order chi connectivity index (χ1) is 15.3. The molecule has 0 bridgehead atoms.